The van der Waals surface area contributed by atoms with E-state index in [0.29, 0.717) is 17.1 Å². The maximum Gasteiger partial charge on any atom is 0.251 e. The van der Waals surface area contributed by atoms with Crippen molar-refractivity contribution in [2.45, 2.75) is 12.5 Å². The molecule has 0 saturated carbocycles. The average Bonchev–Trinajstić information content (AvgIpc) is 2.35. The third kappa shape index (κ3) is 3.70. The van der Waals surface area contributed by atoms with Crippen LogP contribution >= 0.6 is 11.6 Å². The summed E-state index contributed by atoms with van der Waals surface area (Å²) in [6, 6.07) is 5.61. The molecule has 0 bridgehead atoms. The van der Waals surface area contributed by atoms with E-state index < -0.39 is 0 Å². The molecule has 0 aliphatic heterocycles. The lowest BCUT2D eigenvalue weighted by Gasteiger charge is -2.23. The third-order valence-electron chi connectivity index (χ3n) is 3.00. The van der Waals surface area contributed by atoms with E-state index in [2.05, 4.69) is 10.2 Å². The molecule has 0 radical (unpaired) electrons. The summed E-state index contributed by atoms with van der Waals surface area (Å²) in [4.78, 5) is 13.5. The highest BCUT2D eigenvalue weighted by Crippen LogP contribution is 2.20. The van der Waals surface area contributed by atoms with Crippen molar-refractivity contribution in [2.24, 2.45) is 5.73 Å². The first-order valence-corrected chi connectivity index (χ1v) is 6.24. The number of hydrogen-bond donors (Lipinski definition) is 2. The summed E-state index contributed by atoms with van der Waals surface area (Å²) < 4.78 is 0. The van der Waals surface area contributed by atoms with Gasteiger partial charge in [-0.05, 0) is 38.2 Å². The van der Waals surface area contributed by atoms with Crippen LogP contribution in [0.1, 0.15) is 15.9 Å². The predicted molar refractivity (Wildman–Crippen MR) is 75.1 cm³/mol. The lowest BCUT2D eigenvalue weighted by Crippen LogP contribution is -2.36. The zero-order valence-electron chi connectivity index (χ0n) is 11.0. The second-order valence-corrected chi connectivity index (χ2v) is 4.85. The summed E-state index contributed by atoms with van der Waals surface area (Å²) in [5, 5.41) is 3.18. The first-order chi connectivity index (χ1) is 8.49. The molecule has 1 atom stereocenters. The highest BCUT2D eigenvalue weighted by Gasteiger charge is 2.13. The zero-order chi connectivity index (χ0) is 13.7. The van der Waals surface area contributed by atoms with Gasteiger partial charge in [-0.15, -0.1) is 0 Å². The Morgan fingerprint density at radius 3 is 2.61 bits per heavy atom. The van der Waals surface area contributed by atoms with Crippen molar-refractivity contribution in [3.05, 3.63) is 34.3 Å². The number of carbonyl (C=O) groups is 1. The van der Waals surface area contributed by atoms with Crippen molar-refractivity contribution >= 4 is 17.5 Å². The van der Waals surface area contributed by atoms with Crippen molar-refractivity contribution in [3.8, 4) is 0 Å². The SMILES string of the molecule is CNC(=O)c1ccc(CC(CN)N(C)C)c(Cl)c1. The highest BCUT2D eigenvalue weighted by atomic mass is 35.5. The number of likely N-dealkylation sites (N-methyl/N-ethyl adjacent to an activating group) is 1. The molecule has 0 heterocycles. The van der Waals surface area contributed by atoms with Crippen LogP contribution in [0, 0.1) is 0 Å². The van der Waals surface area contributed by atoms with Gasteiger partial charge >= 0.3 is 0 Å². The maximum absolute atomic E-state index is 11.5. The van der Waals surface area contributed by atoms with Crippen molar-refractivity contribution in [3.63, 3.8) is 0 Å². The first-order valence-electron chi connectivity index (χ1n) is 5.86. The second kappa shape index (κ2) is 6.73. The van der Waals surface area contributed by atoms with Gasteiger partial charge in [0.1, 0.15) is 0 Å². The summed E-state index contributed by atoms with van der Waals surface area (Å²) in [6.07, 6.45) is 0.774. The molecule has 100 valence electrons. The summed E-state index contributed by atoms with van der Waals surface area (Å²) in [6.45, 7) is 0.570. The van der Waals surface area contributed by atoms with Gasteiger partial charge in [-0.3, -0.25) is 4.79 Å². The molecular weight excluding hydrogens is 250 g/mol. The fourth-order valence-corrected chi connectivity index (χ4v) is 1.99. The third-order valence-corrected chi connectivity index (χ3v) is 3.35. The number of halogens is 1. The second-order valence-electron chi connectivity index (χ2n) is 4.44. The zero-order valence-corrected chi connectivity index (χ0v) is 11.8. The Hall–Kier alpha value is -1.10. The minimum atomic E-state index is -0.133. The minimum Gasteiger partial charge on any atom is -0.355 e. The van der Waals surface area contributed by atoms with Crippen molar-refractivity contribution in [1.82, 2.24) is 10.2 Å². The van der Waals surface area contributed by atoms with Crippen LogP contribution in [0.4, 0.5) is 0 Å². The molecule has 18 heavy (non-hydrogen) atoms. The van der Waals surface area contributed by atoms with Gasteiger partial charge in [-0.25, -0.2) is 0 Å². The fraction of sp³-hybridized carbons (Fsp3) is 0.462. The molecule has 1 unspecified atom stereocenters. The number of nitrogens with two attached hydrogens (primary N) is 1. The van der Waals surface area contributed by atoms with Crippen LogP contribution in [-0.4, -0.2) is 44.5 Å². The van der Waals surface area contributed by atoms with E-state index in [0.717, 1.165) is 12.0 Å². The summed E-state index contributed by atoms with van der Waals surface area (Å²) in [7, 11) is 5.58. The van der Waals surface area contributed by atoms with E-state index >= 15 is 0 Å². The van der Waals surface area contributed by atoms with Crippen LogP contribution in [0.15, 0.2) is 18.2 Å². The Morgan fingerprint density at radius 2 is 2.17 bits per heavy atom. The van der Waals surface area contributed by atoms with Gasteiger partial charge in [0.05, 0.1) is 0 Å². The number of amides is 1. The highest BCUT2D eigenvalue weighted by molar-refractivity contribution is 6.31. The van der Waals surface area contributed by atoms with Crippen molar-refractivity contribution < 1.29 is 4.79 Å². The largest absolute Gasteiger partial charge is 0.355 e. The fourth-order valence-electron chi connectivity index (χ4n) is 1.73. The van der Waals surface area contributed by atoms with Crippen molar-refractivity contribution in [2.75, 3.05) is 27.7 Å². The molecule has 0 aromatic heterocycles. The molecular formula is C13H20ClN3O. The lowest BCUT2D eigenvalue weighted by atomic mass is 10.0. The molecule has 1 aromatic carbocycles. The number of hydrogen-bond acceptors (Lipinski definition) is 3. The standard InChI is InChI=1S/C13H20ClN3O/c1-16-13(18)10-5-4-9(12(14)7-10)6-11(8-15)17(2)3/h4-5,7,11H,6,8,15H2,1-3H3,(H,16,18). The van der Waals surface area contributed by atoms with Crippen LogP contribution in [-0.2, 0) is 6.42 Å². The van der Waals surface area contributed by atoms with E-state index in [9.17, 15) is 4.79 Å². The Bertz CT molecular complexity index is 421. The number of benzene rings is 1. The molecule has 1 rings (SSSR count). The Kier molecular flexibility index (Phi) is 5.59. The van der Waals surface area contributed by atoms with Crippen LogP contribution in [0.2, 0.25) is 5.02 Å². The smallest absolute Gasteiger partial charge is 0.251 e. The van der Waals surface area contributed by atoms with Gasteiger partial charge < -0.3 is 16.0 Å². The molecule has 3 N–H and O–H groups in total. The van der Waals surface area contributed by atoms with Crippen molar-refractivity contribution in [1.29, 1.82) is 0 Å². The summed E-state index contributed by atoms with van der Waals surface area (Å²) >= 11 is 6.20. The van der Waals surface area contributed by atoms with Gasteiger partial charge in [-0.1, -0.05) is 17.7 Å². The van der Waals surface area contributed by atoms with E-state index in [1.165, 1.54) is 0 Å². The normalized spacial score (nSPS) is 12.6. The molecule has 1 amide bonds. The van der Waals surface area contributed by atoms with Gasteiger partial charge in [0.2, 0.25) is 0 Å². The van der Waals surface area contributed by atoms with Gasteiger partial charge in [-0.2, -0.15) is 0 Å². The van der Waals surface area contributed by atoms with E-state index in [1.807, 2.05) is 20.2 Å². The number of carbonyl (C=O) groups excluding carboxylic acids is 1. The topological polar surface area (TPSA) is 58.4 Å². The average molecular weight is 270 g/mol. The molecule has 0 saturated heterocycles. The maximum atomic E-state index is 11.5. The van der Waals surface area contributed by atoms with Gasteiger partial charge in [0.15, 0.2) is 0 Å². The van der Waals surface area contributed by atoms with E-state index in [-0.39, 0.29) is 11.9 Å². The summed E-state index contributed by atoms with van der Waals surface area (Å²) in [5.41, 5.74) is 7.30. The Labute approximate surface area is 113 Å². The van der Waals surface area contributed by atoms with E-state index in [1.54, 1.807) is 19.2 Å². The van der Waals surface area contributed by atoms with Crippen LogP contribution in [0.3, 0.4) is 0 Å². The Balaban J connectivity index is 2.89. The Morgan fingerprint density at radius 1 is 1.50 bits per heavy atom. The lowest BCUT2D eigenvalue weighted by molar-refractivity contribution is 0.0963. The quantitative estimate of drug-likeness (QED) is 0.843. The molecule has 4 nitrogen and oxygen atoms in total. The summed E-state index contributed by atoms with van der Waals surface area (Å²) in [5.74, 6) is -0.133. The number of nitrogens with zero attached hydrogens (tertiary/aromatic N) is 1. The molecule has 1 aromatic rings. The number of nitrogens with one attached hydrogen (secondary N) is 1. The molecule has 0 aliphatic carbocycles. The van der Waals surface area contributed by atoms with Crippen LogP contribution < -0.4 is 11.1 Å². The molecule has 0 spiro atoms. The number of rotatable bonds is 5. The molecule has 0 fully saturated rings. The minimum absolute atomic E-state index is 0.133. The van der Waals surface area contributed by atoms with Crippen LogP contribution in [0.5, 0.6) is 0 Å². The van der Waals surface area contributed by atoms with Gasteiger partial charge in [0.25, 0.3) is 5.91 Å². The first kappa shape index (κ1) is 15.0. The monoisotopic (exact) mass is 269 g/mol. The molecule has 0 aliphatic rings. The molecule has 5 heteroatoms. The van der Waals surface area contributed by atoms with Gasteiger partial charge in [0, 0.05) is 30.2 Å². The predicted octanol–water partition coefficient (Wildman–Crippen LogP) is 1.13. The van der Waals surface area contributed by atoms with E-state index in [4.69, 9.17) is 17.3 Å². The van der Waals surface area contributed by atoms with Crippen LogP contribution in [0.25, 0.3) is 0 Å².